The van der Waals surface area contributed by atoms with E-state index in [0.29, 0.717) is 25.6 Å². The number of halogens is 1. The smallest absolute Gasteiger partial charge is 0.220 e. The first-order valence-electron chi connectivity index (χ1n) is 9.13. The van der Waals surface area contributed by atoms with Crippen LogP contribution in [0.2, 0.25) is 0 Å². The van der Waals surface area contributed by atoms with Crippen molar-refractivity contribution in [3.05, 3.63) is 58.1 Å². The molecule has 136 valence electrons. The van der Waals surface area contributed by atoms with Gasteiger partial charge in [-0.15, -0.1) is 0 Å². The van der Waals surface area contributed by atoms with Crippen LogP contribution in [0.3, 0.4) is 0 Å². The molecule has 1 atom stereocenters. The summed E-state index contributed by atoms with van der Waals surface area (Å²) in [5, 5.41) is 3.24. The first-order valence-corrected chi connectivity index (χ1v) is 9.92. The highest BCUT2D eigenvalue weighted by Crippen LogP contribution is 2.43. The number of carbonyl (C=O) groups is 1. The fraction of sp³-hybridized carbons (Fsp3) is 0.381. The molecule has 26 heavy (non-hydrogen) atoms. The van der Waals surface area contributed by atoms with Gasteiger partial charge in [0.2, 0.25) is 5.91 Å². The summed E-state index contributed by atoms with van der Waals surface area (Å²) in [5.41, 5.74) is 2.26. The molecule has 1 aliphatic heterocycles. The van der Waals surface area contributed by atoms with Gasteiger partial charge in [-0.25, -0.2) is 0 Å². The van der Waals surface area contributed by atoms with Crippen LogP contribution in [-0.2, 0) is 11.2 Å². The molecule has 2 aliphatic rings. The first-order chi connectivity index (χ1) is 12.7. The lowest BCUT2D eigenvalue weighted by molar-refractivity contribution is -0.122. The molecular weight excluding hydrogens is 394 g/mol. The number of fused-ring (bicyclic) bond motifs is 1. The number of amides is 1. The molecule has 4 rings (SSSR count). The van der Waals surface area contributed by atoms with Crippen molar-refractivity contribution in [1.82, 2.24) is 5.32 Å². The molecular formula is C21H22BrNO3. The summed E-state index contributed by atoms with van der Waals surface area (Å²) in [6.07, 6.45) is 3.52. The van der Waals surface area contributed by atoms with Crippen molar-refractivity contribution < 1.29 is 14.3 Å². The van der Waals surface area contributed by atoms with Gasteiger partial charge in [0.15, 0.2) is 11.5 Å². The maximum absolute atomic E-state index is 12.6. The van der Waals surface area contributed by atoms with Crippen molar-refractivity contribution in [2.45, 2.75) is 31.7 Å². The third-order valence-electron chi connectivity index (χ3n) is 4.91. The minimum Gasteiger partial charge on any atom is -0.486 e. The van der Waals surface area contributed by atoms with Gasteiger partial charge in [0.1, 0.15) is 13.2 Å². The third-order valence-corrected chi connectivity index (χ3v) is 5.69. The van der Waals surface area contributed by atoms with Gasteiger partial charge in [0.25, 0.3) is 0 Å². The molecule has 1 amide bonds. The van der Waals surface area contributed by atoms with Crippen LogP contribution in [0.4, 0.5) is 0 Å². The Labute approximate surface area is 162 Å². The van der Waals surface area contributed by atoms with Gasteiger partial charge in [-0.05, 0) is 54.5 Å². The molecule has 1 heterocycles. The average Bonchev–Trinajstić information content (AvgIpc) is 3.50. The number of benzene rings is 2. The molecule has 4 nitrogen and oxygen atoms in total. The molecule has 1 N–H and O–H groups in total. The second kappa shape index (κ2) is 7.70. The lowest BCUT2D eigenvalue weighted by Crippen LogP contribution is -2.30. The zero-order valence-electron chi connectivity index (χ0n) is 14.5. The number of hydrogen-bond donors (Lipinski definition) is 1. The SMILES string of the molecule is O=C(CCc1ccccc1Br)NC(c1ccc2c(c1)OCCO2)C1CC1. The Hall–Kier alpha value is -2.01. The third kappa shape index (κ3) is 4.04. The van der Waals surface area contributed by atoms with E-state index in [9.17, 15) is 4.79 Å². The van der Waals surface area contributed by atoms with Crippen molar-refractivity contribution >= 4 is 21.8 Å². The van der Waals surface area contributed by atoms with Crippen molar-refractivity contribution in [3.63, 3.8) is 0 Å². The minimum atomic E-state index is 0.0533. The Balaban J connectivity index is 1.42. The van der Waals surface area contributed by atoms with Gasteiger partial charge in [-0.1, -0.05) is 40.2 Å². The molecule has 0 spiro atoms. The summed E-state index contributed by atoms with van der Waals surface area (Å²) >= 11 is 3.54. The zero-order valence-corrected chi connectivity index (χ0v) is 16.1. The highest BCUT2D eigenvalue weighted by atomic mass is 79.9. The normalized spacial score (nSPS) is 16.8. The predicted molar refractivity (Wildman–Crippen MR) is 104 cm³/mol. The second-order valence-electron chi connectivity index (χ2n) is 6.88. The van der Waals surface area contributed by atoms with Crippen LogP contribution in [-0.4, -0.2) is 19.1 Å². The van der Waals surface area contributed by atoms with Gasteiger partial charge in [-0.3, -0.25) is 4.79 Å². The van der Waals surface area contributed by atoms with Crippen LogP contribution in [0.1, 0.15) is 36.4 Å². The van der Waals surface area contributed by atoms with Crippen molar-refractivity contribution in [3.8, 4) is 11.5 Å². The Kier molecular flexibility index (Phi) is 5.16. The second-order valence-corrected chi connectivity index (χ2v) is 7.73. The zero-order chi connectivity index (χ0) is 17.9. The molecule has 1 unspecified atom stereocenters. The molecule has 0 aromatic heterocycles. The average molecular weight is 416 g/mol. The lowest BCUT2D eigenvalue weighted by Gasteiger charge is -2.23. The fourth-order valence-corrected chi connectivity index (χ4v) is 3.83. The van der Waals surface area contributed by atoms with Gasteiger partial charge < -0.3 is 14.8 Å². The van der Waals surface area contributed by atoms with E-state index in [1.807, 2.05) is 36.4 Å². The summed E-state index contributed by atoms with van der Waals surface area (Å²) in [7, 11) is 0. The largest absolute Gasteiger partial charge is 0.486 e. The monoisotopic (exact) mass is 415 g/mol. The highest BCUT2D eigenvalue weighted by Gasteiger charge is 2.34. The summed E-state index contributed by atoms with van der Waals surface area (Å²) in [5.74, 6) is 2.18. The van der Waals surface area contributed by atoms with Crippen LogP contribution in [0, 0.1) is 5.92 Å². The number of carbonyl (C=O) groups excluding carboxylic acids is 1. The van der Waals surface area contributed by atoms with E-state index >= 15 is 0 Å². The van der Waals surface area contributed by atoms with E-state index in [2.05, 4.69) is 27.3 Å². The molecule has 0 saturated heterocycles. The number of rotatable bonds is 6. The molecule has 0 bridgehead atoms. The van der Waals surface area contributed by atoms with Crippen LogP contribution in [0.25, 0.3) is 0 Å². The predicted octanol–water partition coefficient (Wildman–Crippen LogP) is 4.42. The van der Waals surface area contributed by atoms with E-state index in [-0.39, 0.29) is 11.9 Å². The Morgan fingerprint density at radius 2 is 1.88 bits per heavy atom. The molecule has 2 aromatic carbocycles. The Morgan fingerprint density at radius 1 is 1.12 bits per heavy atom. The van der Waals surface area contributed by atoms with Gasteiger partial charge in [0, 0.05) is 10.9 Å². The van der Waals surface area contributed by atoms with Crippen LogP contribution in [0.5, 0.6) is 11.5 Å². The Morgan fingerprint density at radius 3 is 2.65 bits per heavy atom. The molecule has 0 radical (unpaired) electrons. The number of nitrogens with one attached hydrogen (secondary N) is 1. The van der Waals surface area contributed by atoms with Crippen molar-refractivity contribution in [2.24, 2.45) is 5.92 Å². The fourth-order valence-electron chi connectivity index (χ4n) is 3.35. The topological polar surface area (TPSA) is 47.6 Å². The molecule has 1 saturated carbocycles. The number of hydrogen-bond acceptors (Lipinski definition) is 3. The molecule has 1 fully saturated rings. The lowest BCUT2D eigenvalue weighted by atomic mass is 10.0. The summed E-state index contributed by atoms with van der Waals surface area (Å²) in [6, 6.07) is 14.1. The Bertz CT molecular complexity index is 804. The summed E-state index contributed by atoms with van der Waals surface area (Å²) in [4.78, 5) is 12.6. The van der Waals surface area contributed by atoms with E-state index in [0.717, 1.165) is 46.4 Å². The van der Waals surface area contributed by atoms with E-state index in [1.54, 1.807) is 0 Å². The molecule has 5 heteroatoms. The van der Waals surface area contributed by atoms with Crippen LogP contribution < -0.4 is 14.8 Å². The maximum Gasteiger partial charge on any atom is 0.220 e. The number of ether oxygens (including phenoxy) is 2. The van der Waals surface area contributed by atoms with Crippen LogP contribution in [0.15, 0.2) is 46.9 Å². The number of aryl methyl sites for hydroxylation is 1. The maximum atomic E-state index is 12.6. The summed E-state index contributed by atoms with van der Waals surface area (Å²) < 4.78 is 12.3. The summed E-state index contributed by atoms with van der Waals surface area (Å²) in [6.45, 7) is 1.16. The highest BCUT2D eigenvalue weighted by molar-refractivity contribution is 9.10. The van der Waals surface area contributed by atoms with E-state index in [1.165, 1.54) is 0 Å². The van der Waals surface area contributed by atoms with E-state index in [4.69, 9.17) is 9.47 Å². The van der Waals surface area contributed by atoms with Gasteiger partial charge in [0.05, 0.1) is 6.04 Å². The van der Waals surface area contributed by atoms with Gasteiger partial charge in [-0.2, -0.15) is 0 Å². The van der Waals surface area contributed by atoms with Gasteiger partial charge >= 0.3 is 0 Å². The molecule has 1 aliphatic carbocycles. The minimum absolute atomic E-state index is 0.0533. The van der Waals surface area contributed by atoms with E-state index < -0.39 is 0 Å². The quantitative estimate of drug-likeness (QED) is 0.759. The standard InChI is InChI=1S/C21H22BrNO3/c22-17-4-2-1-3-14(17)8-10-20(24)23-21(15-5-6-15)16-7-9-18-19(13-16)26-12-11-25-18/h1-4,7,9,13,15,21H,5-6,8,10-12H2,(H,23,24). The van der Waals surface area contributed by atoms with Crippen molar-refractivity contribution in [2.75, 3.05) is 13.2 Å². The van der Waals surface area contributed by atoms with Crippen molar-refractivity contribution in [1.29, 1.82) is 0 Å². The van der Waals surface area contributed by atoms with Crippen LogP contribution >= 0.6 is 15.9 Å². The first kappa shape index (κ1) is 17.4. The molecule has 2 aromatic rings.